The number of carbonyl (C=O) groups excluding carboxylic acids is 1. The Kier molecular flexibility index (Phi) is 3.13. The molecule has 0 radical (unpaired) electrons. The Morgan fingerprint density at radius 3 is 2.79 bits per heavy atom. The summed E-state index contributed by atoms with van der Waals surface area (Å²) in [6, 6.07) is 17.9. The van der Waals surface area contributed by atoms with Crippen molar-refractivity contribution in [2.24, 2.45) is 0 Å². The predicted molar refractivity (Wildman–Crippen MR) is 104 cm³/mol. The van der Waals surface area contributed by atoms with Crippen LogP contribution < -0.4 is 14.4 Å². The van der Waals surface area contributed by atoms with Crippen LogP contribution in [0.25, 0.3) is 0 Å². The monoisotopic (exact) mass is 370 g/mol. The molecule has 3 aliphatic heterocycles. The summed E-state index contributed by atoms with van der Waals surface area (Å²) in [5.41, 5.74) is 4.12. The third kappa shape index (κ3) is 1.96. The maximum atomic E-state index is 13.8. The molecule has 6 rings (SSSR count). The largest absolute Gasteiger partial charge is 0.493 e. The van der Waals surface area contributed by atoms with Gasteiger partial charge >= 0.3 is 0 Å². The molecular formula is C23H18N2O3. The van der Waals surface area contributed by atoms with Crippen molar-refractivity contribution >= 4 is 11.6 Å². The molecule has 0 bridgehead atoms. The lowest BCUT2D eigenvalue weighted by Gasteiger charge is -2.23. The van der Waals surface area contributed by atoms with E-state index in [1.807, 2.05) is 53.4 Å². The molecule has 1 spiro atoms. The number of hydrogen-bond acceptors (Lipinski definition) is 4. The first-order valence-corrected chi connectivity index (χ1v) is 9.52. The van der Waals surface area contributed by atoms with Crippen LogP contribution in [0.4, 0.5) is 5.69 Å². The highest BCUT2D eigenvalue weighted by atomic mass is 16.5. The fraction of sp³-hybridized carbons (Fsp3) is 0.217. The summed E-state index contributed by atoms with van der Waals surface area (Å²) in [6.45, 7) is 1.45. The minimum Gasteiger partial charge on any atom is -0.493 e. The number of fused-ring (bicyclic) bond motifs is 5. The lowest BCUT2D eigenvalue weighted by molar-refractivity contribution is -0.122. The van der Waals surface area contributed by atoms with Gasteiger partial charge < -0.3 is 14.4 Å². The van der Waals surface area contributed by atoms with Crippen molar-refractivity contribution in [1.82, 2.24) is 4.98 Å². The number of pyridine rings is 1. The lowest BCUT2D eigenvalue weighted by atomic mass is 9.76. The van der Waals surface area contributed by atoms with Gasteiger partial charge in [-0.3, -0.25) is 9.78 Å². The predicted octanol–water partition coefficient (Wildman–Crippen LogP) is 3.24. The zero-order valence-electron chi connectivity index (χ0n) is 15.2. The third-order valence-corrected chi connectivity index (χ3v) is 6.01. The molecule has 5 nitrogen and oxygen atoms in total. The maximum absolute atomic E-state index is 13.8. The number of aromatic nitrogens is 1. The molecule has 0 fully saturated rings. The number of para-hydroxylation sites is 1. The van der Waals surface area contributed by atoms with Crippen molar-refractivity contribution in [3.05, 3.63) is 83.2 Å². The van der Waals surface area contributed by atoms with Crippen LogP contribution >= 0.6 is 0 Å². The summed E-state index contributed by atoms with van der Waals surface area (Å²) >= 11 is 0. The molecule has 0 unspecified atom stereocenters. The Labute approximate surface area is 162 Å². The van der Waals surface area contributed by atoms with Crippen LogP contribution in [0.2, 0.25) is 0 Å². The summed E-state index contributed by atoms with van der Waals surface area (Å²) < 4.78 is 11.7. The van der Waals surface area contributed by atoms with Gasteiger partial charge in [0.2, 0.25) is 5.91 Å². The zero-order chi connectivity index (χ0) is 18.7. The van der Waals surface area contributed by atoms with E-state index >= 15 is 0 Å². The van der Waals surface area contributed by atoms with Crippen molar-refractivity contribution in [2.45, 2.75) is 18.4 Å². The van der Waals surface area contributed by atoms with E-state index < -0.39 is 5.41 Å². The molecule has 4 heterocycles. The Morgan fingerprint density at radius 1 is 1.00 bits per heavy atom. The number of carbonyl (C=O) groups is 1. The lowest BCUT2D eigenvalue weighted by Crippen LogP contribution is -2.42. The van der Waals surface area contributed by atoms with E-state index in [4.69, 9.17) is 9.47 Å². The molecular weight excluding hydrogens is 352 g/mol. The van der Waals surface area contributed by atoms with E-state index in [0.29, 0.717) is 19.8 Å². The van der Waals surface area contributed by atoms with Gasteiger partial charge in [0.05, 0.1) is 18.8 Å². The number of amides is 1. The van der Waals surface area contributed by atoms with E-state index in [-0.39, 0.29) is 5.91 Å². The van der Waals surface area contributed by atoms with Gasteiger partial charge in [-0.2, -0.15) is 0 Å². The van der Waals surface area contributed by atoms with E-state index in [1.165, 1.54) is 0 Å². The molecule has 0 saturated heterocycles. The number of rotatable bonds is 2. The van der Waals surface area contributed by atoms with Gasteiger partial charge in [-0.05, 0) is 35.4 Å². The highest BCUT2D eigenvalue weighted by molar-refractivity contribution is 6.11. The maximum Gasteiger partial charge on any atom is 0.246 e. The van der Waals surface area contributed by atoms with Gasteiger partial charge in [-0.25, -0.2) is 0 Å². The van der Waals surface area contributed by atoms with E-state index in [0.717, 1.165) is 46.0 Å². The fourth-order valence-corrected chi connectivity index (χ4v) is 4.66. The molecule has 3 aliphatic rings. The second-order valence-corrected chi connectivity index (χ2v) is 7.48. The Bertz CT molecular complexity index is 1110. The van der Waals surface area contributed by atoms with Gasteiger partial charge in [-0.15, -0.1) is 0 Å². The molecule has 1 amide bonds. The summed E-state index contributed by atoms with van der Waals surface area (Å²) in [5, 5.41) is 0. The van der Waals surface area contributed by atoms with Crippen LogP contribution in [0.3, 0.4) is 0 Å². The molecule has 0 saturated carbocycles. The fourth-order valence-electron chi connectivity index (χ4n) is 4.66. The minimum atomic E-state index is -0.793. The summed E-state index contributed by atoms with van der Waals surface area (Å²) in [6.07, 6.45) is 2.63. The van der Waals surface area contributed by atoms with Crippen molar-refractivity contribution in [1.29, 1.82) is 0 Å². The van der Waals surface area contributed by atoms with Crippen LogP contribution in [0.5, 0.6) is 11.5 Å². The first-order chi connectivity index (χ1) is 13.8. The standard InChI is InChI=1S/C23H18N2O3/c26-22-23(14-28-21-12-20-15(8-10-27-20)11-18(21)23)17-6-1-2-7-19(17)25(22)13-16-5-3-4-9-24-16/h1-7,9,11-12H,8,10,13-14H2/t23-/m0/s1. The minimum absolute atomic E-state index is 0.0527. The zero-order valence-corrected chi connectivity index (χ0v) is 15.2. The van der Waals surface area contributed by atoms with Crippen molar-refractivity contribution < 1.29 is 14.3 Å². The van der Waals surface area contributed by atoms with E-state index in [2.05, 4.69) is 11.1 Å². The third-order valence-electron chi connectivity index (χ3n) is 6.01. The normalized spacial score (nSPS) is 21.3. The Balaban J connectivity index is 1.52. The smallest absolute Gasteiger partial charge is 0.246 e. The SMILES string of the molecule is O=C1N(Cc2ccccn2)c2ccccc2[C@]12COc1cc3c(cc12)CCO3. The molecule has 3 aromatic rings. The molecule has 0 N–H and O–H groups in total. The second kappa shape index (κ2) is 5.58. The van der Waals surface area contributed by atoms with Crippen LogP contribution in [0.1, 0.15) is 22.4 Å². The van der Waals surface area contributed by atoms with Gasteiger partial charge in [0.25, 0.3) is 0 Å². The highest BCUT2D eigenvalue weighted by Gasteiger charge is 2.57. The number of anilines is 1. The van der Waals surface area contributed by atoms with Crippen LogP contribution in [-0.2, 0) is 23.2 Å². The molecule has 1 atom stereocenters. The molecule has 0 aliphatic carbocycles. The molecule has 2 aromatic carbocycles. The molecule has 1 aromatic heterocycles. The van der Waals surface area contributed by atoms with Gasteiger partial charge in [0.15, 0.2) is 0 Å². The van der Waals surface area contributed by atoms with Crippen LogP contribution in [-0.4, -0.2) is 24.1 Å². The number of nitrogens with zero attached hydrogens (tertiary/aromatic N) is 2. The number of benzene rings is 2. The number of hydrogen-bond donors (Lipinski definition) is 0. The van der Waals surface area contributed by atoms with Crippen molar-refractivity contribution in [3.8, 4) is 11.5 Å². The molecule has 28 heavy (non-hydrogen) atoms. The average molecular weight is 370 g/mol. The summed E-state index contributed by atoms with van der Waals surface area (Å²) in [4.78, 5) is 20.1. The molecule has 138 valence electrons. The van der Waals surface area contributed by atoms with Crippen LogP contribution in [0.15, 0.2) is 60.8 Å². The Hall–Kier alpha value is -3.34. The van der Waals surface area contributed by atoms with Crippen molar-refractivity contribution in [3.63, 3.8) is 0 Å². The second-order valence-electron chi connectivity index (χ2n) is 7.48. The quantitative estimate of drug-likeness (QED) is 0.695. The molecule has 5 heteroatoms. The Morgan fingerprint density at radius 2 is 1.89 bits per heavy atom. The highest BCUT2D eigenvalue weighted by Crippen LogP contribution is 2.54. The first kappa shape index (κ1) is 15.7. The summed E-state index contributed by atoms with van der Waals surface area (Å²) in [7, 11) is 0. The van der Waals surface area contributed by atoms with Crippen molar-refractivity contribution in [2.75, 3.05) is 18.1 Å². The topological polar surface area (TPSA) is 51.7 Å². The van der Waals surface area contributed by atoms with E-state index in [9.17, 15) is 4.79 Å². The van der Waals surface area contributed by atoms with Crippen LogP contribution in [0, 0.1) is 0 Å². The van der Waals surface area contributed by atoms with Gasteiger partial charge in [0.1, 0.15) is 23.5 Å². The first-order valence-electron chi connectivity index (χ1n) is 9.52. The summed E-state index contributed by atoms with van der Waals surface area (Å²) in [5.74, 6) is 1.68. The van der Waals surface area contributed by atoms with Gasteiger partial charge in [-0.1, -0.05) is 24.3 Å². The average Bonchev–Trinajstić information content (AvgIpc) is 3.40. The van der Waals surface area contributed by atoms with E-state index in [1.54, 1.807) is 6.20 Å². The van der Waals surface area contributed by atoms with Gasteiger partial charge in [0, 0.05) is 29.9 Å². The number of ether oxygens (including phenoxy) is 2.